The fourth-order valence-corrected chi connectivity index (χ4v) is 2.89. The van der Waals surface area contributed by atoms with Crippen molar-refractivity contribution >= 4 is 5.97 Å². The molecule has 0 aliphatic carbocycles. The summed E-state index contributed by atoms with van der Waals surface area (Å²) in [6.07, 6.45) is 0. The van der Waals surface area contributed by atoms with E-state index in [4.69, 9.17) is 4.74 Å². The van der Waals surface area contributed by atoms with Gasteiger partial charge in [0.1, 0.15) is 0 Å². The fraction of sp³-hybridized carbons (Fsp3) is 0.533. The highest BCUT2D eigenvalue weighted by atomic mass is 16.5. The first-order chi connectivity index (χ1) is 8.65. The summed E-state index contributed by atoms with van der Waals surface area (Å²) >= 11 is 0. The maximum absolute atomic E-state index is 12.0. The minimum atomic E-state index is -0.0739. The summed E-state index contributed by atoms with van der Waals surface area (Å²) in [5.41, 5.74) is 3.83. The third kappa shape index (κ3) is 2.41. The van der Waals surface area contributed by atoms with Crippen LogP contribution in [0.2, 0.25) is 0 Å². The zero-order valence-corrected chi connectivity index (χ0v) is 11.3. The number of hydrogen-bond acceptors (Lipinski definition) is 3. The highest BCUT2D eigenvalue weighted by Gasteiger charge is 2.36. The molecule has 1 N–H and O–H groups in total. The van der Waals surface area contributed by atoms with Crippen LogP contribution in [0.25, 0.3) is 0 Å². The van der Waals surface area contributed by atoms with Crippen LogP contribution in [0.15, 0.2) is 18.2 Å². The molecule has 2 rings (SSSR count). The topological polar surface area (TPSA) is 38.3 Å². The average Bonchev–Trinajstić information content (AvgIpc) is 2.78. The van der Waals surface area contributed by atoms with Gasteiger partial charge in [0, 0.05) is 19.0 Å². The molecule has 98 valence electrons. The Morgan fingerprint density at radius 2 is 2.00 bits per heavy atom. The van der Waals surface area contributed by atoms with Crippen LogP contribution in [0, 0.1) is 19.8 Å². The van der Waals surface area contributed by atoms with E-state index in [2.05, 4.69) is 37.4 Å². The minimum absolute atomic E-state index is 0.0512. The monoisotopic (exact) mass is 247 g/mol. The first-order valence-electron chi connectivity index (χ1n) is 6.58. The Morgan fingerprint density at radius 3 is 2.61 bits per heavy atom. The summed E-state index contributed by atoms with van der Waals surface area (Å²) in [6.45, 7) is 8.11. The van der Waals surface area contributed by atoms with E-state index in [1.807, 2.05) is 6.92 Å². The van der Waals surface area contributed by atoms with Gasteiger partial charge in [-0.15, -0.1) is 0 Å². The highest BCUT2D eigenvalue weighted by molar-refractivity contribution is 5.75. The van der Waals surface area contributed by atoms with E-state index in [-0.39, 0.29) is 17.8 Å². The molecule has 1 heterocycles. The van der Waals surface area contributed by atoms with Crippen LogP contribution >= 0.6 is 0 Å². The number of carbonyl (C=O) groups is 1. The molecule has 1 aliphatic rings. The van der Waals surface area contributed by atoms with E-state index in [9.17, 15) is 4.79 Å². The summed E-state index contributed by atoms with van der Waals surface area (Å²) in [7, 11) is 0. The lowest BCUT2D eigenvalue weighted by atomic mass is 9.84. The maximum atomic E-state index is 12.0. The van der Waals surface area contributed by atoms with Crippen molar-refractivity contribution in [1.29, 1.82) is 0 Å². The standard InChI is InChI=1S/C15H21NO2/c1-4-18-15(17)13-9-16-8-12(13)14-10(2)6-5-7-11(14)3/h5-7,12-13,16H,4,8-9H2,1-3H3. The molecule has 3 heteroatoms. The van der Waals surface area contributed by atoms with Gasteiger partial charge in [0.2, 0.25) is 0 Å². The van der Waals surface area contributed by atoms with Crippen molar-refractivity contribution in [2.24, 2.45) is 5.92 Å². The second-order valence-electron chi connectivity index (χ2n) is 4.93. The lowest BCUT2D eigenvalue weighted by molar-refractivity contribution is -0.147. The van der Waals surface area contributed by atoms with Gasteiger partial charge in [0.15, 0.2) is 0 Å². The molecular formula is C15H21NO2. The molecule has 18 heavy (non-hydrogen) atoms. The second-order valence-corrected chi connectivity index (χ2v) is 4.93. The molecule has 0 spiro atoms. The van der Waals surface area contributed by atoms with Crippen molar-refractivity contribution in [2.45, 2.75) is 26.7 Å². The minimum Gasteiger partial charge on any atom is -0.466 e. The lowest BCUT2D eigenvalue weighted by Crippen LogP contribution is -2.24. The SMILES string of the molecule is CCOC(=O)C1CNCC1c1c(C)cccc1C. The van der Waals surface area contributed by atoms with Gasteiger partial charge in [0.05, 0.1) is 12.5 Å². The maximum Gasteiger partial charge on any atom is 0.310 e. The van der Waals surface area contributed by atoms with Gasteiger partial charge in [-0.25, -0.2) is 0 Å². The number of aryl methyl sites for hydroxylation is 2. The van der Waals surface area contributed by atoms with E-state index < -0.39 is 0 Å². The zero-order chi connectivity index (χ0) is 13.1. The number of esters is 1. The molecule has 2 unspecified atom stereocenters. The molecule has 2 atom stereocenters. The molecule has 0 bridgehead atoms. The third-order valence-electron chi connectivity index (χ3n) is 3.72. The molecule has 1 saturated heterocycles. The van der Waals surface area contributed by atoms with Gasteiger partial charge in [-0.1, -0.05) is 18.2 Å². The molecule has 1 aromatic carbocycles. The van der Waals surface area contributed by atoms with Crippen LogP contribution in [0.3, 0.4) is 0 Å². The summed E-state index contributed by atoms with van der Waals surface area (Å²) < 4.78 is 5.18. The highest BCUT2D eigenvalue weighted by Crippen LogP contribution is 2.33. The molecule has 1 aromatic rings. The van der Waals surface area contributed by atoms with E-state index in [1.54, 1.807) is 0 Å². The van der Waals surface area contributed by atoms with Crippen molar-refractivity contribution in [2.75, 3.05) is 19.7 Å². The molecular weight excluding hydrogens is 226 g/mol. The van der Waals surface area contributed by atoms with Crippen molar-refractivity contribution in [3.05, 3.63) is 34.9 Å². The molecule has 1 fully saturated rings. The van der Waals surface area contributed by atoms with Crippen molar-refractivity contribution in [3.63, 3.8) is 0 Å². The average molecular weight is 247 g/mol. The predicted octanol–water partition coefficient (Wildman–Crippen LogP) is 2.17. The van der Waals surface area contributed by atoms with Gasteiger partial charge in [-0.3, -0.25) is 4.79 Å². The quantitative estimate of drug-likeness (QED) is 0.832. The summed E-state index contributed by atoms with van der Waals surface area (Å²) in [4.78, 5) is 12.0. The van der Waals surface area contributed by atoms with Gasteiger partial charge in [-0.05, 0) is 37.5 Å². The molecule has 3 nitrogen and oxygen atoms in total. The van der Waals surface area contributed by atoms with Gasteiger partial charge in [0.25, 0.3) is 0 Å². The van der Waals surface area contributed by atoms with Gasteiger partial charge < -0.3 is 10.1 Å². The van der Waals surface area contributed by atoms with E-state index in [0.717, 1.165) is 13.1 Å². The largest absolute Gasteiger partial charge is 0.466 e. The van der Waals surface area contributed by atoms with Crippen LogP contribution in [0.5, 0.6) is 0 Å². The number of carbonyl (C=O) groups excluding carboxylic acids is 1. The van der Waals surface area contributed by atoms with E-state index in [1.165, 1.54) is 16.7 Å². The Labute approximate surface area is 109 Å². The number of ether oxygens (including phenoxy) is 1. The Hall–Kier alpha value is -1.35. The Balaban J connectivity index is 2.29. The summed E-state index contributed by atoms with van der Waals surface area (Å²) in [5.74, 6) is 0.116. The second kappa shape index (κ2) is 5.53. The zero-order valence-electron chi connectivity index (χ0n) is 11.3. The Kier molecular flexibility index (Phi) is 4.02. The van der Waals surface area contributed by atoms with E-state index >= 15 is 0 Å². The van der Waals surface area contributed by atoms with Crippen LogP contribution in [-0.2, 0) is 9.53 Å². The Morgan fingerprint density at radius 1 is 1.33 bits per heavy atom. The van der Waals surface area contributed by atoms with Crippen LogP contribution < -0.4 is 5.32 Å². The first-order valence-corrected chi connectivity index (χ1v) is 6.58. The molecule has 0 aromatic heterocycles. The predicted molar refractivity (Wildman–Crippen MR) is 71.6 cm³/mol. The third-order valence-corrected chi connectivity index (χ3v) is 3.72. The van der Waals surface area contributed by atoms with Crippen molar-refractivity contribution in [3.8, 4) is 0 Å². The molecule has 0 saturated carbocycles. The molecule has 0 radical (unpaired) electrons. The summed E-state index contributed by atoms with van der Waals surface area (Å²) in [6, 6.07) is 6.29. The Bertz CT molecular complexity index is 422. The normalized spacial score (nSPS) is 23.1. The van der Waals surface area contributed by atoms with Crippen LogP contribution in [0.1, 0.15) is 29.5 Å². The number of rotatable bonds is 3. The first kappa shape index (κ1) is 13.1. The van der Waals surface area contributed by atoms with E-state index in [0.29, 0.717) is 6.61 Å². The number of hydrogen-bond donors (Lipinski definition) is 1. The lowest BCUT2D eigenvalue weighted by Gasteiger charge is -2.21. The number of benzene rings is 1. The van der Waals surface area contributed by atoms with Crippen LogP contribution in [-0.4, -0.2) is 25.7 Å². The number of nitrogens with one attached hydrogen (secondary N) is 1. The van der Waals surface area contributed by atoms with Gasteiger partial charge in [-0.2, -0.15) is 0 Å². The fourth-order valence-electron chi connectivity index (χ4n) is 2.89. The van der Waals surface area contributed by atoms with Crippen molar-refractivity contribution in [1.82, 2.24) is 5.32 Å². The molecule has 0 amide bonds. The van der Waals surface area contributed by atoms with Gasteiger partial charge >= 0.3 is 5.97 Å². The van der Waals surface area contributed by atoms with Crippen molar-refractivity contribution < 1.29 is 9.53 Å². The molecule has 1 aliphatic heterocycles. The smallest absolute Gasteiger partial charge is 0.310 e. The van der Waals surface area contributed by atoms with Crippen LogP contribution in [0.4, 0.5) is 0 Å². The summed E-state index contributed by atoms with van der Waals surface area (Å²) in [5, 5.41) is 3.31.